The Balaban J connectivity index is 3.51. The molecule has 9 heteroatoms. The summed E-state index contributed by atoms with van der Waals surface area (Å²) in [6.45, 7) is 1.39. The van der Waals surface area contributed by atoms with Gasteiger partial charge in [-0.3, -0.25) is 0 Å². The molecule has 0 unspecified atom stereocenters. The summed E-state index contributed by atoms with van der Waals surface area (Å²) in [6, 6.07) is 0. The fourth-order valence-corrected chi connectivity index (χ4v) is 1.32. The number of alkyl halides is 2. The van der Waals surface area contributed by atoms with Gasteiger partial charge >= 0.3 is 11.8 Å². The number of hydrogen-bond donors (Lipinski definition) is 1. The maximum atomic E-state index is 12.8. The van der Waals surface area contributed by atoms with Crippen molar-refractivity contribution in [2.24, 2.45) is 0 Å². The van der Waals surface area contributed by atoms with Crippen LogP contribution in [0.15, 0.2) is 6.20 Å². The number of ether oxygens (including phenoxy) is 1. The third-order valence-electron chi connectivity index (χ3n) is 2.00. The van der Waals surface area contributed by atoms with E-state index in [0.29, 0.717) is 0 Å². The number of aromatic nitrogens is 1. The molecule has 1 aromatic rings. The predicted molar refractivity (Wildman–Crippen MR) is 56.2 cm³/mol. The van der Waals surface area contributed by atoms with E-state index in [-0.39, 0.29) is 6.61 Å². The van der Waals surface area contributed by atoms with Gasteiger partial charge in [0.05, 0.1) is 12.3 Å². The normalized spacial score (nSPS) is 10.4. The van der Waals surface area contributed by atoms with Crippen molar-refractivity contribution in [1.29, 1.82) is 0 Å². The van der Waals surface area contributed by atoms with Crippen molar-refractivity contribution in [3.05, 3.63) is 27.4 Å². The number of pyridine rings is 1. The molecule has 1 heterocycles. The fourth-order valence-electron chi connectivity index (χ4n) is 1.32. The Hall–Kier alpha value is -2.32. The van der Waals surface area contributed by atoms with Gasteiger partial charge in [0, 0.05) is 0 Å². The summed E-state index contributed by atoms with van der Waals surface area (Å²) in [5.74, 6) is -2.25. The molecule has 0 atom stereocenters. The van der Waals surface area contributed by atoms with E-state index in [1.54, 1.807) is 0 Å². The standard InChI is InChI=1S/C9H9F2N3O4/c1-2-18-9(15)5-4(12)3-13-8(14(16)17)6(5)7(10)11/h3,7H,2,12H2,1H3. The molecule has 0 saturated carbocycles. The maximum Gasteiger partial charge on any atom is 0.373 e. The van der Waals surface area contributed by atoms with Crippen LogP contribution in [0.5, 0.6) is 0 Å². The number of rotatable bonds is 4. The Morgan fingerprint density at radius 2 is 2.28 bits per heavy atom. The molecule has 98 valence electrons. The summed E-state index contributed by atoms with van der Waals surface area (Å²) in [7, 11) is 0. The van der Waals surface area contributed by atoms with E-state index in [1.807, 2.05) is 0 Å². The highest BCUT2D eigenvalue weighted by Gasteiger charge is 2.33. The second-order valence-electron chi connectivity index (χ2n) is 3.10. The van der Waals surface area contributed by atoms with Crippen LogP contribution in [0.3, 0.4) is 0 Å². The summed E-state index contributed by atoms with van der Waals surface area (Å²) in [5, 5.41) is 10.6. The average molecular weight is 261 g/mol. The molecule has 7 nitrogen and oxygen atoms in total. The van der Waals surface area contributed by atoms with E-state index in [2.05, 4.69) is 9.72 Å². The molecule has 0 fully saturated rings. The largest absolute Gasteiger partial charge is 0.462 e. The van der Waals surface area contributed by atoms with Gasteiger partial charge in [0.25, 0.3) is 6.43 Å². The molecule has 0 bridgehead atoms. The molecule has 0 aliphatic carbocycles. The highest BCUT2D eigenvalue weighted by atomic mass is 19.3. The first-order valence-corrected chi connectivity index (χ1v) is 4.78. The van der Waals surface area contributed by atoms with E-state index in [4.69, 9.17) is 5.73 Å². The van der Waals surface area contributed by atoms with Crippen LogP contribution in [0, 0.1) is 10.1 Å². The highest BCUT2D eigenvalue weighted by Crippen LogP contribution is 2.33. The Bertz CT molecular complexity index is 493. The Morgan fingerprint density at radius 1 is 1.67 bits per heavy atom. The second-order valence-corrected chi connectivity index (χ2v) is 3.10. The lowest BCUT2D eigenvalue weighted by Gasteiger charge is -2.09. The zero-order chi connectivity index (χ0) is 13.9. The minimum atomic E-state index is -3.26. The number of nitrogens with zero attached hydrogens (tertiary/aromatic N) is 2. The van der Waals surface area contributed by atoms with Crippen LogP contribution in [-0.2, 0) is 4.74 Å². The third-order valence-corrected chi connectivity index (χ3v) is 2.00. The zero-order valence-corrected chi connectivity index (χ0v) is 9.22. The molecule has 1 rings (SSSR count). The fraction of sp³-hybridized carbons (Fsp3) is 0.333. The summed E-state index contributed by atoms with van der Waals surface area (Å²) in [4.78, 5) is 24.1. The van der Waals surface area contributed by atoms with Gasteiger partial charge in [-0.05, 0) is 16.8 Å². The molecule has 0 aliphatic heterocycles. The van der Waals surface area contributed by atoms with Crippen LogP contribution in [0.25, 0.3) is 0 Å². The van der Waals surface area contributed by atoms with E-state index in [1.165, 1.54) is 6.92 Å². The topological polar surface area (TPSA) is 108 Å². The maximum absolute atomic E-state index is 12.8. The first kappa shape index (κ1) is 13.7. The number of carbonyl (C=O) groups excluding carboxylic acids is 1. The first-order chi connectivity index (χ1) is 8.40. The zero-order valence-electron chi connectivity index (χ0n) is 9.22. The number of hydrogen-bond acceptors (Lipinski definition) is 6. The summed E-state index contributed by atoms with van der Waals surface area (Å²) < 4.78 is 30.2. The van der Waals surface area contributed by atoms with E-state index < -0.39 is 40.0 Å². The SMILES string of the molecule is CCOC(=O)c1c(N)cnc([N+](=O)[O-])c1C(F)F. The minimum absolute atomic E-state index is 0.0723. The van der Waals surface area contributed by atoms with Gasteiger partial charge in [-0.25, -0.2) is 13.6 Å². The van der Waals surface area contributed by atoms with Crippen LogP contribution >= 0.6 is 0 Å². The van der Waals surface area contributed by atoms with Gasteiger partial charge < -0.3 is 20.6 Å². The Morgan fingerprint density at radius 3 is 2.72 bits per heavy atom. The predicted octanol–water partition coefficient (Wildman–Crippen LogP) is 1.69. The van der Waals surface area contributed by atoms with Crippen molar-refractivity contribution in [3.8, 4) is 0 Å². The smallest absolute Gasteiger partial charge is 0.373 e. The van der Waals surface area contributed by atoms with Crippen LogP contribution in [0.2, 0.25) is 0 Å². The molecule has 0 aromatic carbocycles. The van der Waals surface area contributed by atoms with Crippen LogP contribution < -0.4 is 5.73 Å². The third kappa shape index (κ3) is 2.50. The number of esters is 1. The van der Waals surface area contributed by atoms with Crippen molar-refractivity contribution < 1.29 is 23.2 Å². The summed E-state index contributed by atoms with van der Waals surface area (Å²) in [6.07, 6.45) is -2.49. The molecule has 0 radical (unpaired) electrons. The number of anilines is 1. The number of carbonyl (C=O) groups is 1. The number of nitrogens with two attached hydrogens (primary N) is 1. The monoisotopic (exact) mass is 261 g/mol. The number of nitrogen functional groups attached to an aromatic ring is 1. The van der Waals surface area contributed by atoms with Gasteiger partial charge in [-0.1, -0.05) is 0 Å². The first-order valence-electron chi connectivity index (χ1n) is 4.78. The van der Waals surface area contributed by atoms with Gasteiger partial charge in [0.15, 0.2) is 6.20 Å². The van der Waals surface area contributed by atoms with Crippen LogP contribution in [0.1, 0.15) is 29.3 Å². The lowest BCUT2D eigenvalue weighted by atomic mass is 10.1. The van der Waals surface area contributed by atoms with Crippen LogP contribution in [-0.4, -0.2) is 22.5 Å². The molecule has 0 aliphatic rings. The quantitative estimate of drug-likeness (QED) is 0.501. The Labute approximate surface area is 99.7 Å². The average Bonchev–Trinajstić information content (AvgIpc) is 2.27. The molecule has 1 aromatic heterocycles. The van der Waals surface area contributed by atoms with Crippen molar-refractivity contribution in [2.45, 2.75) is 13.3 Å². The molecule has 2 N–H and O–H groups in total. The van der Waals surface area contributed by atoms with E-state index in [0.717, 1.165) is 6.20 Å². The molecule has 0 spiro atoms. The minimum Gasteiger partial charge on any atom is -0.462 e. The van der Waals surface area contributed by atoms with E-state index >= 15 is 0 Å². The lowest BCUT2D eigenvalue weighted by molar-refractivity contribution is -0.391. The van der Waals surface area contributed by atoms with Gasteiger partial charge in [-0.2, -0.15) is 0 Å². The summed E-state index contributed by atoms with van der Waals surface area (Å²) >= 11 is 0. The molecule has 18 heavy (non-hydrogen) atoms. The molecular weight excluding hydrogens is 252 g/mol. The summed E-state index contributed by atoms with van der Waals surface area (Å²) in [5.41, 5.74) is 3.11. The molecule has 0 amide bonds. The van der Waals surface area contributed by atoms with Crippen molar-refractivity contribution in [3.63, 3.8) is 0 Å². The molecular formula is C9H9F2N3O4. The number of nitro groups is 1. The lowest BCUT2D eigenvalue weighted by Crippen LogP contribution is -2.14. The van der Waals surface area contributed by atoms with E-state index in [9.17, 15) is 23.7 Å². The second kappa shape index (κ2) is 5.34. The van der Waals surface area contributed by atoms with Crippen molar-refractivity contribution in [1.82, 2.24) is 4.98 Å². The highest BCUT2D eigenvalue weighted by molar-refractivity contribution is 5.97. The van der Waals surface area contributed by atoms with Gasteiger partial charge in [-0.15, -0.1) is 0 Å². The van der Waals surface area contributed by atoms with Crippen molar-refractivity contribution in [2.75, 3.05) is 12.3 Å². The Kier molecular flexibility index (Phi) is 4.08. The van der Waals surface area contributed by atoms with Gasteiger partial charge in [0.2, 0.25) is 0 Å². The van der Waals surface area contributed by atoms with Crippen molar-refractivity contribution >= 4 is 17.5 Å². The van der Waals surface area contributed by atoms with Gasteiger partial charge in [0.1, 0.15) is 11.1 Å². The molecule has 0 saturated heterocycles. The van der Waals surface area contributed by atoms with Crippen LogP contribution in [0.4, 0.5) is 20.3 Å². The number of halogens is 2.